The van der Waals surface area contributed by atoms with Crippen LogP contribution in [0.1, 0.15) is 17.5 Å². The zero-order valence-electron chi connectivity index (χ0n) is 9.47. The largest absolute Gasteiger partial charge is 0.375 e. The van der Waals surface area contributed by atoms with E-state index in [1.165, 1.54) is 11.3 Å². The van der Waals surface area contributed by atoms with E-state index in [-0.39, 0.29) is 0 Å². The summed E-state index contributed by atoms with van der Waals surface area (Å²) in [6, 6.07) is 0. The summed E-state index contributed by atoms with van der Waals surface area (Å²) in [4.78, 5) is 16.9. The number of carbonyl (C=O) groups excluding carboxylic acids is 1. The molecule has 2 aromatic rings. The second-order valence-corrected chi connectivity index (χ2v) is 4.51. The number of primary amides is 1. The van der Waals surface area contributed by atoms with E-state index >= 15 is 0 Å². The lowest BCUT2D eigenvalue weighted by molar-refractivity contribution is -0.112. The molecule has 0 radical (unpaired) electrons. The summed E-state index contributed by atoms with van der Waals surface area (Å²) in [5.41, 5.74) is 6.35. The van der Waals surface area contributed by atoms with Crippen LogP contribution in [0.4, 0.5) is 0 Å². The molecule has 0 atom stereocenters. The van der Waals surface area contributed by atoms with Crippen LogP contribution in [0.2, 0.25) is 0 Å². The van der Waals surface area contributed by atoms with Gasteiger partial charge in [0.2, 0.25) is 5.91 Å². The molecule has 0 aliphatic heterocycles. The number of amides is 1. The van der Waals surface area contributed by atoms with E-state index in [0.717, 1.165) is 15.5 Å². The average molecular weight is 251 g/mol. The lowest BCUT2D eigenvalue weighted by Gasteiger charge is -1.95. The fourth-order valence-electron chi connectivity index (χ4n) is 1.38. The molecule has 90 valence electrons. The Hall–Kier alpha value is -1.66. The molecule has 0 unspecified atom stereocenters. The Bertz CT molecular complexity index is 539. The third-order valence-corrected chi connectivity index (χ3v) is 3.31. The van der Waals surface area contributed by atoms with Crippen molar-refractivity contribution in [1.29, 1.82) is 0 Å². The van der Waals surface area contributed by atoms with Gasteiger partial charge in [0, 0.05) is 19.0 Å². The maximum Gasteiger partial charge on any atom is 0.249 e. The number of hydrogen-bond donors (Lipinski definition) is 1. The molecule has 2 N–H and O–H groups in total. The Kier molecular flexibility index (Phi) is 3.26. The van der Waals surface area contributed by atoms with Crippen LogP contribution in [0.3, 0.4) is 0 Å². The molecule has 0 saturated heterocycles. The molecule has 0 bridgehead atoms. The summed E-state index contributed by atoms with van der Waals surface area (Å²) in [7, 11) is 0. The van der Waals surface area contributed by atoms with Crippen LogP contribution < -0.4 is 5.73 Å². The summed E-state index contributed by atoms with van der Waals surface area (Å²) in [6.07, 6.45) is 3.68. The summed E-state index contributed by atoms with van der Waals surface area (Å²) in [6.45, 7) is 6.74. The van der Waals surface area contributed by atoms with E-state index in [1.54, 1.807) is 6.20 Å². The highest BCUT2D eigenvalue weighted by Gasteiger charge is 2.11. The van der Waals surface area contributed by atoms with Crippen molar-refractivity contribution >= 4 is 27.8 Å². The lowest BCUT2D eigenvalue weighted by Crippen LogP contribution is -2.11. The molecule has 0 fully saturated rings. The van der Waals surface area contributed by atoms with Gasteiger partial charge in [-0.1, -0.05) is 17.9 Å². The van der Waals surface area contributed by atoms with Crippen molar-refractivity contribution in [3.63, 3.8) is 0 Å². The van der Waals surface area contributed by atoms with E-state index in [4.69, 9.17) is 10.5 Å². The molecular formula is C11H13N3O2S. The second-order valence-electron chi connectivity index (χ2n) is 3.50. The Morgan fingerprint density at radius 3 is 3.00 bits per heavy atom. The summed E-state index contributed by atoms with van der Waals surface area (Å²) >= 11 is 1.38. The highest BCUT2D eigenvalue weighted by molar-refractivity contribution is 7.18. The van der Waals surface area contributed by atoms with Crippen LogP contribution >= 0.6 is 11.3 Å². The first-order valence-corrected chi connectivity index (χ1v) is 5.97. The van der Waals surface area contributed by atoms with Crippen molar-refractivity contribution in [3.05, 3.63) is 29.5 Å². The zero-order valence-corrected chi connectivity index (χ0v) is 10.3. The van der Waals surface area contributed by atoms with Crippen LogP contribution in [-0.4, -0.2) is 21.9 Å². The molecule has 0 aliphatic carbocycles. The van der Waals surface area contributed by atoms with Gasteiger partial charge >= 0.3 is 0 Å². The quantitative estimate of drug-likeness (QED) is 0.817. The van der Waals surface area contributed by atoms with Gasteiger partial charge in [-0.05, 0) is 6.92 Å². The third-order valence-electron chi connectivity index (χ3n) is 2.25. The number of ether oxygens (including phenoxy) is 1. The second kappa shape index (κ2) is 4.68. The standard InChI is InChI=1S/C11H13N3O2S/c1-3-16-6-8-4-14-5-9(7(2)10(12)15)17-11(14)13-8/h4-5H,2-3,6H2,1H3,(H2,12,15). The number of nitrogens with two attached hydrogens (primary N) is 1. The topological polar surface area (TPSA) is 69.6 Å². The predicted molar refractivity (Wildman–Crippen MR) is 66.6 cm³/mol. The fourth-order valence-corrected chi connectivity index (χ4v) is 2.34. The molecule has 6 heteroatoms. The van der Waals surface area contributed by atoms with Gasteiger partial charge in [-0.15, -0.1) is 0 Å². The number of rotatable bonds is 5. The number of nitrogens with zero attached hydrogens (tertiary/aromatic N) is 2. The number of imidazole rings is 1. The number of aromatic nitrogens is 2. The predicted octanol–water partition coefficient (Wildman–Crippen LogP) is 1.43. The Labute approximate surface area is 103 Å². The zero-order chi connectivity index (χ0) is 12.4. The minimum atomic E-state index is -0.510. The Balaban J connectivity index is 2.25. The fraction of sp³-hybridized carbons (Fsp3) is 0.273. The van der Waals surface area contributed by atoms with E-state index in [1.807, 2.05) is 17.5 Å². The molecular weight excluding hydrogens is 238 g/mol. The minimum Gasteiger partial charge on any atom is -0.375 e. The molecule has 0 saturated carbocycles. The van der Waals surface area contributed by atoms with Gasteiger partial charge in [0.25, 0.3) is 0 Å². The summed E-state index contributed by atoms with van der Waals surface area (Å²) in [5, 5.41) is 0. The van der Waals surface area contributed by atoms with Crippen molar-refractivity contribution in [2.24, 2.45) is 5.73 Å². The minimum absolute atomic E-state index is 0.312. The van der Waals surface area contributed by atoms with Gasteiger partial charge in [-0.3, -0.25) is 9.20 Å². The number of fused-ring (bicyclic) bond motifs is 1. The van der Waals surface area contributed by atoms with Crippen LogP contribution in [0.25, 0.3) is 10.5 Å². The molecule has 2 aromatic heterocycles. The Morgan fingerprint density at radius 1 is 1.65 bits per heavy atom. The SMILES string of the molecule is C=C(C(N)=O)c1cn2cc(COCC)nc2s1. The first-order chi connectivity index (χ1) is 8.11. The van der Waals surface area contributed by atoms with Crippen molar-refractivity contribution < 1.29 is 9.53 Å². The van der Waals surface area contributed by atoms with E-state index < -0.39 is 5.91 Å². The summed E-state index contributed by atoms with van der Waals surface area (Å²) in [5.74, 6) is -0.510. The third kappa shape index (κ3) is 2.37. The van der Waals surface area contributed by atoms with Crippen molar-refractivity contribution in [2.45, 2.75) is 13.5 Å². The number of thiazole rings is 1. The number of carbonyl (C=O) groups is 1. The molecule has 0 spiro atoms. The highest BCUT2D eigenvalue weighted by Crippen LogP contribution is 2.23. The first kappa shape index (κ1) is 11.8. The monoisotopic (exact) mass is 251 g/mol. The van der Waals surface area contributed by atoms with Gasteiger partial charge in [0.15, 0.2) is 4.96 Å². The molecule has 0 aromatic carbocycles. The normalized spacial score (nSPS) is 10.9. The lowest BCUT2D eigenvalue weighted by atomic mass is 10.2. The first-order valence-electron chi connectivity index (χ1n) is 5.16. The van der Waals surface area contributed by atoms with Crippen molar-refractivity contribution in [2.75, 3.05) is 6.61 Å². The van der Waals surface area contributed by atoms with Crippen molar-refractivity contribution in [1.82, 2.24) is 9.38 Å². The maximum absolute atomic E-state index is 11.0. The number of hydrogen-bond acceptors (Lipinski definition) is 4. The van der Waals surface area contributed by atoms with Crippen LogP contribution in [0.15, 0.2) is 19.0 Å². The van der Waals surface area contributed by atoms with Crippen LogP contribution in [0.5, 0.6) is 0 Å². The van der Waals surface area contributed by atoms with E-state index in [2.05, 4.69) is 11.6 Å². The average Bonchev–Trinajstić information content (AvgIpc) is 2.82. The molecule has 1 amide bonds. The smallest absolute Gasteiger partial charge is 0.249 e. The molecule has 2 rings (SSSR count). The van der Waals surface area contributed by atoms with Gasteiger partial charge in [0.05, 0.1) is 22.8 Å². The van der Waals surface area contributed by atoms with Gasteiger partial charge in [-0.25, -0.2) is 4.98 Å². The van der Waals surface area contributed by atoms with Crippen LogP contribution in [0, 0.1) is 0 Å². The van der Waals surface area contributed by atoms with Crippen molar-refractivity contribution in [3.8, 4) is 0 Å². The molecule has 5 nitrogen and oxygen atoms in total. The van der Waals surface area contributed by atoms with Gasteiger partial charge < -0.3 is 10.5 Å². The summed E-state index contributed by atoms with van der Waals surface area (Å²) < 4.78 is 7.12. The van der Waals surface area contributed by atoms with Gasteiger partial charge in [0.1, 0.15) is 0 Å². The molecule has 17 heavy (non-hydrogen) atoms. The maximum atomic E-state index is 11.0. The Morgan fingerprint density at radius 2 is 2.41 bits per heavy atom. The van der Waals surface area contributed by atoms with E-state index in [0.29, 0.717) is 18.8 Å². The highest BCUT2D eigenvalue weighted by atomic mass is 32.1. The van der Waals surface area contributed by atoms with E-state index in [9.17, 15) is 4.79 Å². The van der Waals surface area contributed by atoms with Crippen LogP contribution in [-0.2, 0) is 16.1 Å². The molecule has 0 aliphatic rings. The van der Waals surface area contributed by atoms with Gasteiger partial charge in [-0.2, -0.15) is 0 Å². The molecule has 2 heterocycles.